The molecule has 116 valence electrons. The van der Waals surface area contributed by atoms with Crippen molar-refractivity contribution < 1.29 is 23.6 Å². The Morgan fingerprint density at radius 2 is 2.24 bits per heavy atom. The maximum Gasteiger partial charge on any atom is 0.308 e. The van der Waals surface area contributed by atoms with Crippen LogP contribution >= 0.6 is 0 Å². The molecule has 0 saturated carbocycles. The molecular weight excluding hydrogens is 280 g/mol. The summed E-state index contributed by atoms with van der Waals surface area (Å²) >= 11 is 0. The number of ether oxygens (including phenoxy) is 2. The summed E-state index contributed by atoms with van der Waals surface area (Å²) in [5, 5.41) is 0. The Balaban J connectivity index is 1.93. The van der Waals surface area contributed by atoms with Crippen molar-refractivity contribution in [3.8, 4) is 0 Å². The molecule has 0 N–H and O–H groups in total. The van der Waals surface area contributed by atoms with E-state index >= 15 is 0 Å². The number of esters is 1. The minimum Gasteiger partial charge on any atom is -0.469 e. The lowest BCUT2D eigenvalue weighted by molar-refractivity contribution is -0.145. The van der Waals surface area contributed by atoms with Crippen LogP contribution in [0.15, 0.2) is 15.4 Å². The van der Waals surface area contributed by atoms with Crippen molar-refractivity contribution >= 4 is 11.9 Å². The summed E-state index contributed by atoms with van der Waals surface area (Å²) in [6.07, 6.45) is -0.171. The molecule has 0 radical (unpaired) electrons. The number of hydrogen-bond acceptors (Lipinski definition) is 7. The minimum atomic E-state index is -0.475. The molecule has 2 heterocycles. The van der Waals surface area contributed by atoms with E-state index in [2.05, 4.69) is 4.74 Å². The van der Waals surface area contributed by atoms with Crippen LogP contribution < -0.4 is 5.56 Å². The Hall–Kier alpha value is -1.93. The Kier molecular flexibility index (Phi) is 4.92. The average Bonchev–Trinajstić information content (AvgIpc) is 2.78. The van der Waals surface area contributed by atoms with Gasteiger partial charge in [-0.25, -0.2) is 0 Å². The predicted octanol–water partition coefficient (Wildman–Crippen LogP) is -0.346. The van der Waals surface area contributed by atoms with E-state index in [4.69, 9.17) is 9.26 Å². The number of methoxy groups -OCH3 is 1. The summed E-state index contributed by atoms with van der Waals surface area (Å²) in [5.74, 6) is -0.406. The van der Waals surface area contributed by atoms with Crippen molar-refractivity contribution in [3.05, 3.63) is 22.2 Å². The van der Waals surface area contributed by atoms with Gasteiger partial charge in [0.05, 0.1) is 32.8 Å². The molecule has 2 rings (SSSR count). The molecule has 21 heavy (non-hydrogen) atoms. The molecule has 1 aromatic rings. The third-order valence-electron chi connectivity index (χ3n) is 3.19. The highest BCUT2D eigenvalue weighted by Crippen LogP contribution is 2.09. The Labute approximate surface area is 121 Å². The molecule has 8 heteroatoms. The number of aryl methyl sites for hydroxylation is 1. The van der Waals surface area contributed by atoms with Crippen molar-refractivity contribution in [1.82, 2.24) is 9.64 Å². The van der Waals surface area contributed by atoms with E-state index in [1.165, 1.54) is 13.2 Å². The van der Waals surface area contributed by atoms with Gasteiger partial charge in [-0.1, -0.05) is 0 Å². The fourth-order valence-corrected chi connectivity index (χ4v) is 2.19. The summed E-state index contributed by atoms with van der Waals surface area (Å²) in [6.45, 7) is 3.04. The van der Waals surface area contributed by atoms with E-state index in [1.54, 1.807) is 6.92 Å². The highest BCUT2D eigenvalue weighted by molar-refractivity contribution is 5.79. The maximum atomic E-state index is 12.0. The van der Waals surface area contributed by atoms with Crippen molar-refractivity contribution in [2.24, 2.45) is 0 Å². The van der Waals surface area contributed by atoms with E-state index in [1.807, 2.05) is 4.90 Å². The van der Waals surface area contributed by atoms with Crippen LogP contribution in [0.3, 0.4) is 0 Å². The largest absolute Gasteiger partial charge is 0.469 e. The van der Waals surface area contributed by atoms with Gasteiger partial charge >= 0.3 is 5.97 Å². The van der Waals surface area contributed by atoms with Crippen LogP contribution in [0, 0.1) is 6.92 Å². The highest BCUT2D eigenvalue weighted by Gasteiger charge is 2.25. The van der Waals surface area contributed by atoms with Gasteiger partial charge in [0.25, 0.3) is 11.5 Å². The molecule has 0 aliphatic carbocycles. The smallest absolute Gasteiger partial charge is 0.308 e. The minimum absolute atomic E-state index is 0.0356. The molecule has 0 amide bonds. The second-order valence-corrected chi connectivity index (χ2v) is 4.88. The van der Waals surface area contributed by atoms with E-state index in [-0.39, 0.29) is 25.0 Å². The van der Waals surface area contributed by atoms with Gasteiger partial charge in [-0.15, -0.1) is 4.74 Å². The molecule has 1 aromatic heterocycles. The topological polar surface area (TPSA) is 91.0 Å². The fraction of sp³-hybridized carbons (Fsp3) is 0.615. The van der Waals surface area contributed by atoms with E-state index in [0.717, 1.165) is 4.74 Å². The normalized spacial score (nSPS) is 19.4. The Bertz CT molecular complexity index is 575. The van der Waals surface area contributed by atoms with E-state index in [0.29, 0.717) is 25.5 Å². The molecule has 8 nitrogen and oxygen atoms in total. The van der Waals surface area contributed by atoms with Gasteiger partial charge < -0.3 is 14.0 Å². The third-order valence-corrected chi connectivity index (χ3v) is 3.19. The van der Waals surface area contributed by atoms with E-state index < -0.39 is 11.5 Å². The number of carbonyl (C=O) groups excluding carboxylic acids is 2. The first kappa shape index (κ1) is 15.5. The first-order valence-electron chi connectivity index (χ1n) is 6.63. The number of morpholine rings is 1. The van der Waals surface area contributed by atoms with Gasteiger partial charge in [-0.05, 0) is 6.92 Å². The quantitative estimate of drug-likeness (QED) is 0.702. The summed E-state index contributed by atoms with van der Waals surface area (Å²) in [6, 6.07) is 1.26. The average molecular weight is 298 g/mol. The number of hydrogen-bond donors (Lipinski definition) is 0. The zero-order chi connectivity index (χ0) is 15.4. The van der Waals surface area contributed by atoms with E-state index in [9.17, 15) is 14.4 Å². The summed E-state index contributed by atoms with van der Waals surface area (Å²) < 4.78 is 15.8. The zero-order valence-electron chi connectivity index (χ0n) is 12.0. The first-order chi connectivity index (χ1) is 9.99. The summed E-state index contributed by atoms with van der Waals surface area (Å²) in [4.78, 5) is 36.6. The maximum absolute atomic E-state index is 12.0. The van der Waals surface area contributed by atoms with Gasteiger partial charge in [0.2, 0.25) is 0 Å². The molecule has 0 spiro atoms. The van der Waals surface area contributed by atoms with Crippen LogP contribution in [-0.4, -0.2) is 61.0 Å². The predicted molar refractivity (Wildman–Crippen MR) is 71.1 cm³/mol. The molecule has 1 saturated heterocycles. The third kappa shape index (κ3) is 4.02. The molecule has 1 aliphatic heterocycles. The lowest BCUT2D eigenvalue weighted by Gasteiger charge is -2.31. The van der Waals surface area contributed by atoms with Crippen LogP contribution in [0.5, 0.6) is 0 Å². The number of aromatic nitrogens is 1. The van der Waals surface area contributed by atoms with Crippen LogP contribution in [-0.2, 0) is 14.3 Å². The molecule has 0 bridgehead atoms. The van der Waals surface area contributed by atoms with Gasteiger partial charge in [-0.2, -0.15) is 0 Å². The van der Waals surface area contributed by atoms with Gasteiger partial charge in [0.1, 0.15) is 5.76 Å². The van der Waals surface area contributed by atoms with Crippen molar-refractivity contribution in [3.63, 3.8) is 0 Å². The van der Waals surface area contributed by atoms with Gasteiger partial charge in [0, 0.05) is 19.2 Å². The molecule has 1 fully saturated rings. The molecule has 1 atom stereocenters. The van der Waals surface area contributed by atoms with Crippen molar-refractivity contribution in [1.29, 1.82) is 0 Å². The second-order valence-electron chi connectivity index (χ2n) is 4.88. The van der Waals surface area contributed by atoms with Gasteiger partial charge in [0.15, 0.2) is 0 Å². The first-order valence-corrected chi connectivity index (χ1v) is 6.63. The molecule has 1 unspecified atom stereocenters. The SMILES string of the molecule is COC(=O)CC1CN(CC(=O)n2oc(C)cc2=O)CCO1. The van der Waals surface area contributed by atoms with Crippen molar-refractivity contribution in [2.75, 3.05) is 33.4 Å². The monoisotopic (exact) mass is 298 g/mol. The molecular formula is C13H18N2O6. The van der Waals surface area contributed by atoms with Crippen LogP contribution in [0.1, 0.15) is 17.0 Å². The number of rotatable bonds is 4. The van der Waals surface area contributed by atoms with Crippen LogP contribution in [0.4, 0.5) is 0 Å². The standard InChI is InChI=1S/C13H18N2O6/c1-9-5-11(16)15(21-9)12(17)8-14-3-4-20-10(7-14)6-13(18)19-2/h5,10H,3-4,6-8H2,1-2H3. The molecule has 0 aromatic carbocycles. The number of carbonyl (C=O) groups is 2. The highest BCUT2D eigenvalue weighted by atomic mass is 16.5. The van der Waals surface area contributed by atoms with Crippen molar-refractivity contribution in [2.45, 2.75) is 19.4 Å². The van der Waals surface area contributed by atoms with Crippen LogP contribution in [0.2, 0.25) is 0 Å². The number of nitrogens with zero attached hydrogens (tertiary/aromatic N) is 2. The summed E-state index contributed by atoms with van der Waals surface area (Å²) in [7, 11) is 1.32. The fourth-order valence-electron chi connectivity index (χ4n) is 2.19. The lowest BCUT2D eigenvalue weighted by atomic mass is 10.2. The zero-order valence-corrected chi connectivity index (χ0v) is 12.0. The van der Waals surface area contributed by atoms with Gasteiger partial charge in [-0.3, -0.25) is 19.3 Å². The van der Waals surface area contributed by atoms with Crippen LogP contribution in [0.25, 0.3) is 0 Å². The Morgan fingerprint density at radius 3 is 2.86 bits per heavy atom. The summed E-state index contributed by atoms with van der Waals surface area (Å²) in [5.41, 5.74) is -0.475. The second kappa shape index (κ2) is 6.68. The lowest BCUT2D eigenvalue weighted by Crippen LogP contribution is -2.46. The molecule has 1 aliphatic rings. The Morgan fingerprint density at radius 1 is 1.48 bits per heavy atom.